The van der Waals surface area contributed by atoms with E-state index in [0.717, 1.165) is 131 Å². The second kappa shape index (κ2) is 32.7. The van der Waals surface area contributed by atoms with Gasteiger partial charge in [-0.05, 0) is 189 Å². The minimum absolute atomic E-state index is 0.212. The zero-order chi connectivity index (χ0) is 67.1. The number of nitrogens with one attached hydrogen (secondary N) is 7. The number of pyridine rings is 2. The molecule has 4 aromatic heterocycles. The molecule has 19 nitrogen and oxygen atoms in total. The molecule has 0 bridgehead atoms. The number of fused-ring (bicyclic) bond motifs is 2. The van der Waals surface area contributed by atoms with Crippen molar-refractivity contribution in [1.82, 2.24) is 56.1 Å². The lowest BCUT2D eigenvalue weighted by molar-refractivity contribution is 0.0903. The summed E-state index contributed by atoms with van der Waals surface area (Å²) in [4.78, 5) is 62.9. The molecule has 3 aliphatic rings. The highest BCUT2D eigenvalue weighted by atomic mass is 79.9. The maximum Gasteiger partial charge on any atom is 0.251 e. The molecule has 96 heavy (non-hydrogen) atoms. The number of hydrogen-bond donors (Lipinski definition) is 7. The normalized spacial score (nSPS) is 14.6. The number of rotatable bonds is 23. The van der Waals surface area contributed by atoms with Crippen molar-refractivity contribution < 1.29 is 37.4 Å². The highest BCUT2D eigenvalue weighted by Crippen LogP contribution is 2.34. The van der Waals surface area contributed by atoms with Crippen LogP contribution in [0.2, 0.25) is 0 Å². The smallest absolute Gasteiger partial charge is 0.251 e. The molecule has 7 heterocycles. The summed E-state index contributed by atoms with van der Waals surface area (Å²) in [5.74, 6) is -1.27. The lowest BCUT2D eigenvalue weighted by Gasteiger charge is -2.26. The molecule has 3 aliphatic heterocycles. The number of carbonyl (C=O) groups excluding carboxylic acids is 4. The fourth-order valence-corrected chi connectivity index (χ4v) is 13.2. The van der Waals surface area contributed by atoms with E-state index in [1.807, 2.05) is 47.7 Å². The number of halogens is 3. The Morgan fingerprint density at radius 2 is 0.979 bits per heavy atom. The van der Waals surface area contributed by atoms with Crippen molar-refractivity contribution >= 4 is 73.0 Å². The molecule has 22 heteroatoms. The van der Waals surface area contributed by atoms with Crippen molar-refractivity contribution in [1.29, 1.82) is 0 Å². The van der Waals surface area contributed by atoms with Gasteiger partial charge in [-0.25, -0.2) is 28.1 Å². The van der Waals surface area contributed by atoms with Crippen LogP contribution in [0.25, 0.3) is 33.2 Å². The molecule has 9 aromatic rings. The number of benzene rings is 5. The summed E-state index contributed by atoms with van der Waals surface area (Å²) < 4.78 is 43.9. The van der Waals surface area contributed by atoms with Gasteiger partial charge in [-0.1, -0.05) is 62.4 Å². The van der Waals surface area contributed by atoms with E-state index < -0.39 is 0 Å². The lowest BCUT2D eigenvalue weighted by Crippen LogP contribution is -2.30. The Bertz CT molecular complexity index is 4240. The molecular formula is C74H84BrF2N13O6. The molecule has 5 aromatic carbocycles. The average molecular weight is 1370 g/mol. The van der Waals surface area contributed by atoms with E-state index in [1.54, 1.807) is 72.8 Å². The van der Waals surface area contributed by atoms with E-state index in [0.29, 0.717) is 90.6 Å². The minimum Gasteiger partial charge on any atom is -0.381 e. The van der Waals surface area contributed by atoms with E-state index in [4.69, 9.17) is 19.4 Å². The van der Waals surface area contributed by atoms with Crippen LogP contribution >= 0.6 is 15.9 Å². The van der Waals surface area contributed by atoms with Gasteiger partial charge in [0.2, 0.25) is 0 Å². The SMILES string of the molecule is CCc1nc2c(cnn2CC)c(NC2CCOCC2)c1CNC(=O)c1cccc(C(=O)NCc2ccc(F)c(-c3cccc(CC4CCNCC4)c3)c2)c1.CCc1nc2c(cnn2CC)c(NC2CCOCC2)c1CNC(=O)c1cccc(C(=O)NCc2ccc(F)c(Br)c2)c1. The minimum atomic E-state index is -0.368. The fraction of sp³-hybridized carbons (Fsp3) is 0.378. The van der Waals surface area contributed by atoms with E-state index in [-0.39, 0.29) is 73.5 Å². The van der Waals surface area contributed by atoms with Crippen LogP contribution in [0, 0.1) is 17.6 Å². The Labute approximate surface area is 566 Å². The summed E-state index contributed by atoms with van der Waals surface area (Å²) in [7, 11) is 0. The third-order valence-electron chi connectivity index (χ3n) is 18.1. The molecule has 7 N–H and O–H groups in total. The highest BCUT2D eigenvalue weighted by molar-refractivity contribution is 9.10. The highest BCUT2D eigenvalue weighted by Gasteiger charge is 2.26. The van der Waals surface area contributed by atoms with Crippen LogP contribution in [0.3, 0.4) is 0 Å². The molecule has 0 unspecified atom stereocenters. The van der Waals surface area contributed by atoms with Gasteiger partial charge in [0.25, 0.3) is 23.6 Å². The van der Waals surface area contributed by atoms with Crippen molar-refractivity contribution in [2.24, 2.45) is 5.92 Å². The van der Waals surface area contributed by atoms with Crippen molar-refractivity contribution in [3.63, 3.8) is 0 Å². The quantitative estimate of drug-likeness (QED) is 0.0316. The van der Waals surface area contributed by atoms with Crippen LogP contribution in [-0.2, 0) is 68.0 Å². The number of amides is 4. The third-order valence-corrected chi connectivity index (χ3v) is 18.7. The van der Waals surface area contributed by atoms with Crippen LogP contribution in [0.5, 0.6) is 0 Å². The molecule has 0 saturated carbocycles. The molecule has 0 aliphatic carbocycles. The summed E-state index contributed by atoms with van der Waals surface area (Å²) in [5, 5.41) is 33.8. The summed E-state index contributed by atoms with van der Waals surface area (Å²) in [6.07, 6.45) is 11.9. The topological polar surface area (TPSA) is 232 Å². The zero-order valence-corrected chi connectivity index (χ0v) is 56.5. The van der Waals surface area contributed by atoms with Gasteiger partial charge in [-0.15, -0.1) is 0 Å². The van der Waals surface area contributed by atoms with Crippen LogP contribution in [-0.4, -0.2) is 105 Å². The molecule has 12 rings (SSSR count). The Hall–Kier alpha value is -8.96. The maximum atomic E-state index is 15.1. The van der Waals surface area contributed by atoms with Crippen molar-refractivity contribution in [3.8, 4) is 11.1 Å². The molecule has 502 valence electrons. The van der Waals surface area contributed by atoms with Crippen molar-refractivity contribution in [3.05, 3.63) is 199 Å². The number of anilines is 2. The van der Waals surface area contributed by atoms with Crippen LogP contribution in [0.4, 0.5) is 20.2 Å². The first-order valence-electron chi connectivity index (χ1n) is 33.6. The van der Waals surface area contributed by atoms with E-state index >= 15 is 4.39 Å². The summed E-state index contributed by atoms with van der Waals surface area (Å²) in [5.41, 5.74) is 12.8. The summed E-state index contributed by atoms with van der Waals surface area (Å²) in [6, 6.07) is 31.4. The van der Waals surface area contributed by atoms with E-state index in [2.05, 4.69) is 89.3 Å². The number of ether oxygens (including phenoxy) is 2. The predicted octanol–water partition coefficient (Wildman–Crippen LogP) is 12.2. The Balaban J connectivity index is 0.000000201. The Morgan fingerprint density at radius 3 is 1.44 bits per heavy atom. The molecule has 0 spiro atoms. The van der Waals surface area contributed by atoms with Crippen LogP contribution in [0.15, 0.2) is 126 Å². The van der Waals surface area contributed by atoms with Gasteiger partial charge in [-0.2, -0.15) is 10.2 Å². The monoisotopic (exact) mass is 1370 g/mol. The van der Waals surface area contributed by atoms with E-state index in [9.17, 15) is 23.6 Å². The van der Waals surface area contributed by atoms with E-state index in [1.165, 1.54) is 17.7 Å². The third kappa shape index (κ3) is 16.8. The molecule has 4 amide bonds. The Morgan fingerprint density at radius 1 is 0.531 bits per heavy atom. The van der Waals surface area contributed by atoms with Crippen LogP contribution < -0.4 is 37.2 Å². The average Bonchev–Trinajstić information content (AvgIpc) is 1.56. The molecule has 3 fully saturated rings. The van der Waals surface area contributed by atoms with Crippen molar-refractivity contribution in [2.75, 3.05) is 50.2 Å². The van der Waals surface area contributed by atoms with Gasteiger partial charge in [0.05, 0.1) is 39.0 Å². The largest absolute Gasteiger partial charge is 0.381 e. The number of nitrogens with zero attached hydrogens (tertiary/aromatic N) is 6. The van der Waals surface area contributed by atoms with Gasteiger partial charge >= 0.3 is 0 Å². The predicted molar refractivity (Wildman–Crippen MR) is 373 cm³/mol. The Kier molecular flexibility index (Phi) is 23.3. The molecule has 0 atom stereocenters. The van der Waals surface area contributed by atoms with Gasteiger partial charge in [-0.3, -0.25) is 19.2 Å². The first kappa shape index (κ1) is 68.4. The second-order valence-corrected chi connectivity index (χ2v) is 25.4. The second-order valence-electron chi connectivity index (χ2n) is 24.5. The number of aromatic nitrogens is 6. The number of carbonyl (C=O) groups is 4. The van der Waals surface area contributed by atoms with Crippen LogP contribution in [0.1, 0.15) is 147 Å². The molecule has 0 radical (unpaired) electrons. The van der Waals surface area contributed by atoms with Gasteiger partial charge in [0, 0.05) is 128 Å². The molecular weight excluding hydrogens is 1280 g/mol. The first-order valence-corrected chi connectivity index (χ1v) is 34.3. The molecule has 3 saturated heterocycles. The lowest BCUT2D eigenvalue weighted by atomic mass is 9.89. The number of aryl methyl sites for hydroxylation is 4. The first-order chi connectivity index (χ1) is 46.8. The maximum absolute atomic E-state index is 15.1. The standard InChI is InChI=1S/C43H50FN7O3.C31H34BrFN6O3/c1-3-39-36(40(49-34-15-19-54-20-16-34)37-27-48-51(4-2)41(37)50-39)26-47-43(53)33-10-6-9-32(24-33)42(52)46-25-30-11-12-38(44)35(23-30)31-8-5-7-29(22-31)21-28-13-17-45-18-14-28;1-3-27-23(28(37-22-10-12-42-13-11-22)24-18-36-39(4-2)29(24)38-27)17-35-31(41)21-7-5-6-20(15-21)30(40)34-16-19-8-9-26(33)25(32)14-19/h5-12,22-24,27-28,34,45H,3-4,13-21,25-26H2,1-2H3,(H,46,52)(H,47,53)(H,49,50);5-9,14-15,18,22H,3-4,10-13,16-17H2,1-2H3,(H,34,40)(H,35,41)(H,37,38). The summed E-state index contributed by atoms with van der Waals surface area (Å²) in [6.45, 7) is 15.5. The number of hydrogen-bond acceptors (Lipinski definition) is 13. The zero-order valence-electron chi connectivity index (χ0n) is 54.9. The van der Waals surface area contributed by atoms with Gasteiger partial charge in [0.15, 0.2) is 11.3 Å². The van der Waals surface area contributed by atoms with Crippen molar-refractivity contribution in [2.45, 2.75) is 137 Å². The fourth-order valence-electron chi connectivity index (χ4n) is 12.8. The van der Waals surface area contributed by atoms with Gasteiger partial charge in [0.1, 0.15) is 11.6 Å². The van der Waals surface area contributed by atoms with Gasteiger partial charge < -0.3 is 46.7 Å². The summed E-state index contributed by atoms with van der Waals surface area (Å²) >= 11 is 3.16. The number of piperidine rings is 1.